The quantitative estimate of drug-likeness (QED) is 0.619. The third-order valence-electron chi connectivity index (χ3n) is 7.45. The molecule has 0 saturated carbocycles. The van der Waals surface area contributed by atoms with Gasteiger partial charge < -0.3 is 29.7 Å². The lowest BCUT2D eigenvalue weighted by Crippen LogP contribution is -2.50. The summed E-state index contributed by atoms with van der Waals surface area (Å²) in [6.45, 7) is 9.87. The van der Waals surface area contributed by atoms with Crippen molar-refractivity contribution in [3.63, 3.8) is 0 Å². The minimum atomic E-state index is -0.502. The molecule has 39 heavy (non-hydrogen) atoms. The molecule has 3 amide bonds. The van der Waals surface area contributed by atoms with E-state index in [4.69, 9.17) is 9.72 Å². The van der Waals surface area contributed by atoms with Crippen LogP contribution in [0.4, 0.5) is 26.9 Å². The number of amides is 3. The van der Waals surface area contributed by atoms with E-state index in [-0.39, 0.29) is 29.8 Å². The molecule has 0 radical (unpaired) electrons. The maximum atomic E-state index is 12.5. The van der Waals surface area contributed by atoms with E-state index in [0.29, 0.717) is 31.3 Å². The molecule has 11 nitrogen and oxygen atoms in total. The molecule has 1 aromatic carbocycles. The Morgan fingerprint density at radius 2 is 1.87 bits per heavy atom. The highest BCUT2D eigenvalue weighted by Crippen LogP contribution is 2.30. The van der Waals surface area contributed by atoms with Crippen LogP contribution in [0.5, 0.6) is 0 Å². The number of nitrogens with one attached hydrogen (secondary N) is 1. The lowest BCUT2D eigenvalue weighted by molar-refractivity contribution is 0.00819. The Morgan fingerprint density at radius 3 is 2.51 bits per heavy atom. The zero-order valence-corrected chi connectivity index (χ0v) is 23.1. The Morgan fingerprint density at radius 1 is 1.13 bits per heavy atom. The number of hydrogen-bond acceptors (Lipinski definition) is 8. The highest BCUT2D eigenvalue weighted by atomic mass is 16.6. The van der Waals surface area contributed by atoms with Gasteiger partial charge in [0.2, 0.25) is 0 Å². The van der Waals surface area contributed by atoms with Gasteiger partial charge in [-0.3, -0.25) is 0 Å². The minimum Gasteiger partial charge on any atom is -0.444 e. The maximum Gasteiger partial charge on any atom is 0.410 e. The topological polar surface area (TPSA) is 118 Å². The molecule has 0 aliphatic carbocycles. The number of ether oxygens (including phenoxy) is 1. The van der Waals surface area contributed by atoms with Gasteiger partial charge in [0.1, 0.15) is 17.5 Å². The monoisotopic (exact) mass is 532 g/mol. The van der Waals surface area contributed by atoms with Crippen molar-refractivity contribution in [3.05, 3.63) is 41.7 Å². The SMILES string of the molecule is CN1CCN([C@@H]2CCCN(c3cnc(C#N)c(Nc4ccc(C5CN(C(=O)OC(C)(C)C)C5)cc4)n3)C2)C1=O. The Bertz CT molecular complexity index is 1260. The fraction of sp³-hybridized carbons (Fsp3) is 0.536. The van der Waals surface area contributed by atoms with Gasteiger partial charge in [-0.15, -0.1) is 0 Å². The second-order valence-electron chi connectivity index (χ2n) is 11.5. The number of nitrogens with zero attached hydrogens (tertiary/aromatic N) is 7. The molecule has 2 aromatic rings. The van der Waals surface area contributed by atoms with Crippen molar-refractivity contribution in [1.82, 2.24) is 24.7 Å². The van der Waals surface area contributed by atoms with Gasteiger partial charge in [0.25, 0.3) is 0 Å². The summed E-state index contributed by atoms with van der Waals surface area (Å²) < 4.78 is 5.44. The van der Waals surface area contributed by atoms with Gasteiger partial charge in [0, 0.05) is 57.9 Å². The van der Waals surface area contributed by atoms with Crippen molar-refractivity contribution >= 4 is 29.4 Å². The third kappa shape index (κ3) is 5.85. The van der Waals surface area contributed by atoms with Crippen LogP contribution in [0.15, 0.2) is 30.5 Å². The molecule has 4 heterocycles. The molecule has 206 valence electrons. The number of anilines is 3. The lowest BCUT2D eigenvalue weighted by atomic mass is 9.92. The number of nitriles is 1. The molecule has 0 bridgehead atoms. The largest absolute Gasteiger partial charge is 0.444 e. The van der Waals surface area contributed by atoms with Gasteiger partial charge >= 0.3 is 12.1 Å². The molecule has 3 fully saturated rings. The van der Waals surface area contributed by atoms with Gasteiger partial charge in [-0.2, -0.15) is 5.26 Å². The number of likely N-dealkylation sites (N-methyl/N-ethyl adjacent to an activating group) is 1. The molecule has 0 spiro atoms. The fourth-order valence-corrected chi connectivity index (χ4v) is 5.27. The Balaban J connectivity index is 1.23. The number of rotatable bonds is 5. The Labute approximate surface area is 229 Å². The second-order valence-corrected chi connectivity index (χ2v) is 11.5. The van der Waals surface area contributed by atoms with Crippen LogP contribution in [0.3, 0.4) is 0 Å². The zero-order valence-electron chi connectivity index (χ0n) is 23.1. The maximum absolute atomic E-state index is 12.5. The first-order chi connectivity index (χ1) is 18.6. The summed E-state index contributed by atoms with van der Waals surface area (Å²) in [7, 11) is 1.84. The number of likely N-dealkylation sites (tertiary alicyclic amines) is 1. The number of urea groups is 1. The molecule has 11 heteroatoms. The summed E-state index contributed by atoms with van der Waals surface area (Å²) >= 11 is 0. The summed E-state index contributed by atoms with van der Waals surface area (Å²) in [6, 6.07) is 10.3. The molecule has 3 aliphatic heterocycles. The molecule has 1 atom stereocenters. The predicted octanol–water partition coefficient (Wildman–Crippen LogP) is 3.76. The van der Waals surface area contributed by atoms with Crippen molar-refractivity contribution in [2.75, 3.05) is 56.5 Å². The number of benzene rings is 1. The van der Waals surface area contributed by atoms with Crippen LogP contribution in [-0.2, 0) is 4.74 Å². The predicted molar refractivity (Wildman–Crippen MR) is 147 cm³/mol. The van der Waals surface area contributed by atoms with Crippen LogP contribution in [0.1, 0.15) is 50.8 Å². The summed E-state index contributed by atoms with van der Waals surface area (Å²) in [4.78, 5) is 41.4. The smallest absolute Gasteiger partial charge is 0.410 e. The van der Waals surface area contributed by atoms with Crippen LogP contribution in [0, 0.1) is 11.3 Å². The van der Waals surface area contributed by atoms with Crippen LogP contribution in [0.2, 0.25) is 0 Å². The molecule has 1 aromatic heterocycles. The van der Waals surface area contributed by atoms with Crippen molar-refractivity contribution in [2.24, 2.45) is 0 Å². The highest BCUT2D eigenvalue weighted by Gasteiger charge is 2.35. The number of carbonyl (C=O) groups is 2. The van der Waals surface area contributed by atoms with Crippen LogP contribution >= 0.6 is 0 Å². The third-order valence-corrected chi connectivity index (χ3v) is 7.45. The van der Waals surface area contributed by atoms with E-state index >= 15 is 0 Å². The van der Waals surface area contributed by atoms with Gasteiger partial charge in [-0.05, 0) is 51.3 Å². The number of carbonyl (C=O) groups excluding carboxylic acids is 2. The van der Waals surface area contributed by atoms with E-state index in [1.807, 2.05) is 57.0 Å². The molecule has 1 N–H and O–H groups in total. The number of hydrogen-bond donors (Lipinski definition) is 1. The van der Waals surface area contributed by atoms with Gasteiger partial charge in [-0.1, -0.05) is 12.1 Å². The first kappa shape index (κ1) is 26.5. The van der Waals surface area contributed by atoms with E-state index < -0.39 is 5.60 Å². The van der Waals surface area contributed by atoms with E-state index in [1.54, 1.807) is 16.0 Å². The molecule has 5 rings (SSSR count). The Hall–Kier alpha value is -4.07. The van der Waals surface area contributed by atoms with Crippen molar-refractivity contribution in [2.45, 2.75) is 51.2 Å². The molecule has 3 aliphatic rings. The van der Waals surface area contributed by atoms with Crippen LogP contribution in [0.25, 0.3) is 0 Å². The van der Waals surface area contributed by atoms with E-state index in [0.717, 1.165) is 43.7 Å². The van der Waals surface area contributed by atoms with Crippen molar-refractivity contribution in [1.29, 1.82) is 5.26 Å². The first-order valence-electron chi connectivity index (χ1n) is 13.5. The van der Waals surface area contributed by atoms with E-state index in [1.165, 1.54) is 0 Å². The summed E-state index contributed by atoms with van der Waals surface area (Å²) in [5.41, 5.74) is 1.66. The Kier molecular flexibility index (Phi) is 7.21. The molecule has 0 unspecified atom stereocenters. The standard InChI is InChI=1S/C28H36N8O3/c1-28(2,3)39-27(38)35-16-20(17-35)19-7-9-21(10-8-19)31-25-23(14-29)30-15-24(32-25)34-11-5-6-22(18-34)36-13-12-33(4)26(36)37/h7-10,15,20,22H,5-6,11-13,16-18H2,1-4H3,(H,31,32)/t22-/m1/s1. The normalized spacial score (nSPS) is 20.1. The number of piperidine rings is 1. The van der Waals surface area contributed by atoms with Crippen LogP contribution < -0.4 is 10.2 Å². The van der Waals surface area contributed by atoms with Crippen molar-refractivity contribution < 1.29 is 14.3 Å². The van der Waals surface area contributed by atoms with Gasteiger partial charge in [0.15, 0.2) is 11.5 Å². The lowest BCUT2D eigenvalue weighted by Gasteiger charge is -2.40. The average Bonchev–Trinajstić information content (AvgIpc) is 3.21. The molecular formula is C28H36N8O3. The molecular weight excluding hydrogens is 496 g/mol. The second kappa shape index (κ2) is 10.6. The summed E-state index contributed by atoms with van der Waals surface area (Å²) in [6.07, 6.45) is 3.28. The van der Waals surface area contributed by atoms with Gasteiger partial charge in [0.05, 0.1) is 12.2 Å². The van der Waals surface area contributed by atoms with Gasteiger partial charge in [-0.25, -0.2) is 19.6 Å². The zero-order chi connectivity index (χ0) is 27.7. The summed E-state index contributed by atoms with van der Waals surface area (Å²) in [5.74, 6) is 1.36. The fourth-order valence-electron chi connectivity index (χ4n) is 5.27. The first-order valence-corrected chi connectivity index (χ1v) is 13.5. The van der Waals surface area contributed by atoms with E-state index in [2.05, 4.69) is 21.3 Å². The number of aromatic nitrogens is 2. The average molecular weight is 533 g/mol. The van der Waals surface area contributed by atoms with Crippen molar-refractivity contribution in [3.8, 4) is 6.07 Å². The highest BCUT2D eigenvalue weighted by molar-refractivity contribution is 5.76. The van der Waals surface area contributed by atoms with Crippen LogP contribution in [-0.4, -0.2) is 94.8 Å². The van der Waals surface area contributed by atoms with E-state index in [9.17, 15) is 14.9 Å². The minimum absolute atomic E-state index is 0.0815. The molecule has 3 saturated heterocycles. The summed E-state index contributed by atoms with van der Waals surface area (Å²) in [5, 5.41) is 12.9.